The van der Waals surface area contributed by atoms with E-state index in [0.29, 0.717) is 5.82 Å². The molecule has 22 heavy (non-hydrogen) atoms. The molecule has 1 aromatic carbocycles. The summed E-state index contributed by atoms with van der Waals surface area (Å²) in [6.07, 6.45) is 3.49. The Kier molecular flexibility index (Phi) is 3.04. The van der Waals surface area contributed by atoms with Crippen LogP contribution in [-0.4, -0.2) is 23.2 Å². The van der Waals surface area contributed by atoms with E-state index in [-0.39, 0.29) is 11.5 Å². The first-order valence-corrected chi connectivity index (χ1v) is 9.00. The van der Waals surface area contributed by atoms with E-state index in [9.17, 15) is 8.42 Å². The van der Waals surface area contributed by atoms with Gasteiger partial charge in [-0.15, -0.1) is 10.2 Å². The Labute approximate surface area is 127 Å². The fourth-order valence-electron chi connectivity index (χ4n) is 2.93. The number of furan rings is 1. The van der Waals surface area contributed by atoms with Crippen LogP contribution in [0.15, 0.2) is 34.9 Å². The molecule has 0 saturated heterocycles. The van der Waals surface area contributed by atoms with Crippen LogP contribution in [0.3, 0.4) is 0 Å². The molecule has 3 aromatic rings. The van der Waals surface area contributed by atoms with Gasteiger partial charge in [-0.1, -0.05) is 6.07 Å². The predicted molar refractivity (Wildman–Crippen MR) is 80.9 cm³/mol. The van der Waals surface area contributed by atoms with Gasteiger partial charge in [0.15, 0.2) is 9.84 Å². The molecule has 3 heterocycles. The number of sulfone groups is 1. The summed E-state index contributed by atoms with van der Waals surface area (Å²) in [7, 11) is -3.28. The second-order valence-corrected chi connectivity index (χ2v) is 7.68. The van der Waals surface area contributed by atoms with Gasteiger partial charge in [-0.25, -0.2) is 8.42 Å². The molecule has 0 atom stereocenters. The molecule has 4 rings (SSSR count). The molecule has 6 nitrogen and oxygen atoms in total. The summed E-state index contributed by atoms with van der Waals surface area (Å²) < 4.78 is 32.1. The molecule has 0 amide bonds. The van der Waals surface area contributed by atoms with Crippen molar-refractivity contribution in [1.29, 1.82) is 0 Å². The molecule has 1 aliphatic heterocycles. The van der Waals surface area contributed by atoms with Gasteiger partial charge in [0, 0.05) is 18.4 Å². The van der Waals surface area contributed by atoms with E-state index in [1.807, 2.05) is 16.7 Å². The zero-order chi connectivity index (χ0) is 15.2. The molecule has 1 aliphatic rings. The lowest BCUT2D eigenvalue weighted by Gasteiger charge is -2.05. The summed E-state index contributed by atoms with van der Waals surface area (Å²) in [4.78, 5) is 0. The van der Waals surface area contributed by atoms with Crippen LogP contribution in [0.2, 0.25) is 0 Å². The second kappa shape index (κ2) is 4.95. The zero-order valence-electron chi connectivity index (χ0n) is 11.9. The van der Waals surface area contributed by atoms with Crippen molar-refractivity contribution in [1.82, 2.24) is 14.8 Å². The van der Waals surface area contributed by atoms with Crippen LogP contribution in [0.25, 0.3) is 11.0 Å². The fourth-order valence-corrected chi connectivity index (χ4v) is 4.32. The van der Waals surface area contributed by atoms with E-state index in [2.05, 4.69) is 10.2 Å². The van der Waals surface area contributed by atoms with Gasteiger partial charge in [0.2, 0.25) is 0 Å². The minimum absolute atomic E-state index is 0.00366. The molecule has 114 valence electrons. The van der Waals surface area contributed by atoms with Gasteiger partial charge in [0.1, 0.15) is 23.0 Å². The van der Waals surface area contributed by atoms with Crippen LogP contribution >= 0.6 is 0 Å². The molecule has 0 unspecified atom stereocenters. The highest BCUT2D eigenvalue weighted by Crippen LogP contribution is 2.21. The number of hydrogen-bond acceptors (Lipinski definition) is 5. The highest BCUT2D eigenvalue weighted by molar-refractivity contribution is 7.89. The molecule has 0 N–H and O–H groups in total. The second-order valence-electron chi connectivity index (χ2n) is 5.61. The predicted octanol–water partition coefficient (Wildman–Crippen LogP) is 2.09. The zero-order valence-corrected chi connectivity index (χ0v) is 12.7. The SMILES string of the molecule is O=S(=O)(Cc1ccc2occc2c1)Cc1nnc2n1CCC2. The monoisotopic (exact) mass is 317 g/mol. The van der Waals surface area contributed by atoms with Crippen molar-refractivity contribution >= 4 is 20.8 Å². The van der Waals surface area contributed by atoms with E-state index in [1.165, 1.54) is 0 Å². The van der Waals surface area contributed by atoms with Crippen molar-refractivity contribution < 1.29 is 12.8 Å². The Morgan fingerprint density at radius 3 is 3.00 bits per heavy atom. The lowest BCUT2D eigenvalue weighted by atomic mass is 10.2. The Hall–Kier alpha value is -2.15. The Morgan fingerprint density at radius 1 is 1.18 bits per heavy atom. The smallest absolute Gasteiger partial charge is 0.161 e. The number of aromatic nitrogens is 3. The highest BCUT2D eigenvalue weighted by Gasteiger charge is 2.22. The molecular weight excluding hydrogens is 302 g/mol. The minimum atomic E-state index is -3.28. The van der Waals surface area contributed by atoms with Gasteiger partial charge in [-0.05, 0) is 30.2 Å². The van der Waals surface area contributed by atoms with E-state index in [4.69, 9.17) is 4.42 Å². The van der Waals surface area contributed by atoms with Gasteiger partial charge in [-0.3, -0.25) is 0 Å². The van der Waals surface area contributed by atoms with E-state index >= 15 is 0 Å². The third kappa shape index (κ3) is 2.41. The fraction of sp³-hybridized carbons (Fsp3) is 0.333. The maximum absolute atomic E-state index is 12.4. The van der Waals surface area contributed by atoms with Crippen LogP contribution in [0, 0.1) is 0 Å². The lowest BCUT2D eigenvalue weighted by molar-refractivity contribution is 0.589. The first-order valence-electron chi connectivity index (χ1n) is 7.18. The van der Waals surface area contributed by atoms with Crippen molar-refractivity contribution in [3.8, 4) is 0 Å². The number of rotatable bonds is 4. The largest absolute Gasteiger partial charge is 0.464 e. The topological polar surface area (TPSA) is 78.0 Å². The first-order chi connectivity index (χ1) is 10.6. The van der Waals surface area contributed by atoms with E-state index in [0.717, 1.165) is 41.7 Å². The Morgan fingerprint density at radius 2 is 2.09 bits per heavy atom. The summed E-state index contributed by atoms with van der Waals surface area (Å²) in [5.41, 5.74) is 1.52. The number of aryl methyl sites for hydroxylation is 1. The third-order valence-corrected chi connectivity index (χ3v) is 5.41. The van der Waals surface area contributed by atoms with Crippen LogP contribution in [0.5, 0.6) is 0 Å². The standard InChI is InChI=1S/C15H15N3O3S/c19-22(20,10-15-17-16-14-2-1-6-18(14)15)9-11-3-4-13-12(8-11)5-7-21-13/h3-5,7-8H,1-2,6,9-10H2. The van der Waals surface area contributed by atoms with Crippen molar-refractivity contribution in [2.45, 2.75) is 30.9 Å². The van der Waals surface area contributed by atoms with E-state index < -0.39 is 9.84 Å². The first kappa shape index (κ1) is 13.5. The van der Waals surface area contributed by atoms with Gasteiger partial charge in [-0.2, -0.15) is 0 Å². The molecule has 7 heteroatoms. The molecular formula is C15H15N3O3S. The highest BCUT2D eigenvalue weighted by atomic mass is 32.2. The van der Waals surface area contributed by atoms with Crippen LogP contribution in [0.1, 0.15) is 23.6 Å². The number of hydrogen-bond donors (Lipinski definition) is 0. The molecule has 2 aromatic heterocycles. The molecule has 0 spiro atoms. The molecule has 0 fully saturated rings. The maximum Gasteiger partial charge on any atom is 0.161 e. The number of fused-ring (bicyclic) bond motifs is 2. The van der Waals surface area contributed by atoms with Gasteiger partial charge in [0.25, 0.3) is 0 Å². The van der Waals surface area contributed by atoms with Crippen LogP contribution in [-0.2, 0) is 34.3 Å². The van der Waals surface area contributed by atoms with Crippen LogP contribution in [0.4, 0.5) is 0 Å². The molecule has 0 bridgehead atoms. The Bertz CT molecular complexity index is 940. The normalized spacial score (nSPS) is 14.5. The maximum atomic E-state index is 12.4. The van der Waals surface area contributed by atoms with Crippen molar-refractivity contribution in [2.75, 3.05) is 0 Å². The molecule has 0 radical (unpaired) electrons. The third-order valence-electron chi connectivity index (χ3n) is 3.94. The van der Waals surface area contributed by atoms with Crippen molar-refractivity contribution in [3.63, 3.8) is 0 Å². The summed E-state index contributed by atoms with van der Waals surface area (Å²) in [6, 6.07) is 7.27. The summed E-state index contributed by atoms with van der Waals surface area (Å²) in [6.45, 7) is 0.814. The van der Waals surface area contributed by atoms with Crippen LogP contribution < -0.4 is 0 Å². The quantitative estimate of drug-likeness (QED) is 0.736. The average molecular weight is 317 g/mol. The average Bonchev–Trinajstić information content (AvgIpc) is 3.15. The minimum Gasteiger partial charge on any atom is -0.464 e. The summed E-state index contributed by atoms with van der Waals surface area (Å²) in [5, 5.41) is 9.00. The van der Waals surface area contributed by atoms with Crippen molar-refractivity contribution in [2.24, 2.45) is 0 Å². The van der Waals surface area contributed by atoms with Gasteiger partial charge in [0.05, 0.1) is 12.0 Å². The number of benzene rings is 1. The summed E-state index contributed by atoms with van der Waals surface area (Å²) in [5.74, 6) is 1.38. The number of nitrogens with zero attached hydrogens (tertiary/aromatic N) is 3. The molecule has 0 saturated carbocycles. The molecule has 0 aliphatic carbocycles. The van der Waals surface area contributed by atoms with Crippen molar-refractivity contribution in [3.05, 3.63) is 47.7 Å². The summed E-state index contributed by atoms with van der Waals surface area (Å²) >= 11 is 0. The van der Waals surface area contributed by atoms with Gasteiger partial charge >= 0.3 is 0 Å². The lowest BCUT2D eigenvalue weighted by Crippen LogP contribution is -2.12. The van der Waals surface area contributed by atoms with Gasteiger partial charge < -0.3 is 8.98 Å². The van der Waals surface area contributed by atoms with E-state index in [1.54, 1.807) is 18.4 Å². The Balaban J connectivity index is 1.57.